The van der Waals surface area contributed by atoms with Gasteiger partial charge in [-0.05, 0) is 44.9 Å². The number of carbonyl (C=O) groups excluding carboxylic acids is 3. The van der Waals surface area contributed by atoms with Crippen molar-refractivity contribution in [2.75, 3.05) is 13.2 Å². The number of allylic oxidation sites excluding steroid dienone is 2. The maximum atomic E-state index is 12.9. The van der Waals surface area contributed by atoms with E-state index in [4.69, 9.17) is 14.2 Å². The number of rotatable bonds is 63. The number of unbranched alkanes of at least 4 members (excludes halogenated alkanes) is 50. The molecule has 0 radical (unpaired) electrons. The highest BCUT2D eigenvalue weighted by molar-refractivity contribution is 5.71. The molecule has 0 aliphatic heterocycles. The Bertz CT molecular complexity index is 1150. The second-order valence-electron chi connectivity index (χ2n) is 23.1. The Morgan fingerprint density at radius 1 is 0.257 bits per heavy atom. The monoisotopic (exact) mass is 1040 g/mol. The molecule has 6 nitrogen and oxygen atoms in total. The first-order valence-corrected chi connectivity index (χ1v) is 33.7. The first-order valence-electron chi connectivity index (χ1n) is 33.7. The normalized spacial score (nSPS) is 12.0. The quantitative estimate of drug-likeness (QED) is 0.0261. The second kappa shape index (κ2) is 63.7. The van der Waals surface area contributed by atoms with Gasteiger partial charge in [-0.1, -0.05) is 335 Å². The van der Waals surface area contributed by atoms with Crippen LogP contribution in [0.25, 0.3) is 0 Å². The average Bonchev–Trinajstić information content (AvgIpc) is 3.40. The summed E-state index contributed by atoms with van der Waals surface area (Å²) in [5.41, 5.74) is 0. The summed E-state index contributed by atoms with van der Waals surface area (Å²) in [6, 6.07) is 0. The summed E-state index contributed by atoms with van der Waals surface area (Å²) >= 11 is 0. The second-order valence-corrected chi connectivity index (χ2v) is 23.1. The lowest BCUT2D eigenvalue weighted by atomic mass is 10.0. The zero-order chi connectivity index (χ0) is 53.6. The number of carbonyl (C=O) groups is 3. The van der Waals surface area contributed by atoms with Crippen molar-refractivity contribution >= 4 is 17.9 Å². The molecule has 0 bridgehead atoms. The highest BCUT2D eigenvalue weighted by atomic mass is 16.6. The van der Waals surface area contributed by atoms with E-state index in [1.54, 1.807) is 0 Å². The molecule has 0 aliphatic rings. The van der Waals surface area contributed by atoms with Crippen LogP contribution in [-0.2, 0) is 28.6 Å². The van der Waals surface area contributed by atoms with Crippen LogP contribution in [0.5, 0.6) is 0 Å². The van der Waals surface area contributed by atoms with Crippen molar-refractivity contribution in [2.24, 2.45) is 0 Å². The van der Waals surface area contributed by atoms with Crippen LogP contribution >= 0.6 is 0 Å². The van der Waals surface area contributed by atoms with Gasteiger partial charge in [-0.3, -0.25) is 14.4 Å². The van der Waals surface area contributed by atoms with Gasteiger partial charge in [0.15, 0.2) is 6.10 Å². The molecule has 0 amide bonds. The highest BCUT2D eigenvalue weighted by Gasteiger charge is 2.19. The Kier molecular flexibility index (Phi) is 62.1. The van der Waals surface area contributed by atoms with Crippen LogP contribution in [0.2, 0.25) is 0 Å². The number of hydrogen-bond acceptors (Lipinski definition) is 6. The van der Waals surface area contributed by atoms with Gasteiger partial charge in [0.2, 0.25) is 0 Å². The van der Waals surface area contributed by atoms with Gasteiger partial charge in [-0.2, -0.15) is 0 Å². The Balaban J connectivity index is 4.28. The molecule has 1 atom stereocenters. The summed E-state index contributed by atoms with van der Waals surface area (Å²) in [7, 11) is 0. The van der Waals surface area contributed by atoms with Crippen molar-refractivity contribution in [3.63, 3.8) is 0 Å². The predicted molar refractivity (Wildman–Crippen MR) is 321 cm³/mol. The lowest BCUT2D eigenvalue weighted by Gasteiger charge is -2.18. The van der Waals surface area contributed by atoms with Crippen LogP contribution in [0.3, 0.4) is 0 Å². The van der Waals surface area contributed by atoms with Crippen LogP contribution in [0, 0.1) is 0 Å². The fourth-order valence-corrected chi connectivity index (χ4v) is 10.4. The van der Waals surface area contributed by atoms with Gasteiger partial charge in [-0.25, -0.2) is 0 Å². The Morgan fingerprint density at radius 2 is 0.446 bits per heavy atom. The molecule has 0 saturated heterocycles. The minimum Gasteiger partial charge on any atom is -0.462 e. The minimum atomic E-state index is -0.769. The van der Waals surface area contributed by atoms with Crippen molar-refractivity contribution in [2.45, 2.75) is 393 Å². The number of hydrogen-bond donors (Lipinski definition) is 0. The van der Waals surface area contributed by atoms with E-state index in [2.05, 4.69) is 32.9 Å². The molecule has 0 saturated carbocycles. The van der Waals surface area contributed by atoms with Crippen molar-refractivity contribution in [1.82, 2.24) is 0 Å². The lowest BCUT2D eigenvalue weighted by molar-refractivity contribution is -0.167. The average molecular weight is 1040 g/mol. The summed E-state index contributed by atoms with van der Waals surface area (Å²) in [5, 5.41) is 0. The van der Waals surface area contributed by atoms with Crippen LogP contribution in [0.15, 0.2) is 12.2 Å². The number of ether oxygens (including phenoxy) is 3. The highest BCUT2D eigenvalue weighted by Crippen LogP contribution is 2.19. The molecule has 0 spiro atoms. The summed E-state index contributed by atoms with van der Waals surface area (Å²) < 4.78 is 17.0. The fourth-order valence-electron chi connectivity index (χ4n) is 10.4. The first kappa shape index (κ1) is 72.2. The molecule has 0 aromatic rings. The van der Waals surface area contributed by atoms with E-state index in [0.29, 0.717) is 19.3 Å². The fraction of sp³-hybridized carbons (Fsp3) is 0.926. The van der Waals surface area contributed by atoms with Crippen LogP contribution < -0.4 is 0 Å². The zero-order valence-electron chi connectivity index (χ0n) is 50.4. The topological polar surface area (TPSA) is 78.9 Å². The van der Waals surface area contributed by atoms with E-state index in [1.807, 2.05) is 0 Å². The zero-order valence-corrected chi connectivity index (χ0v) is 50.4. The molecule has 1 unspecified atom stereocenters. The maximum absolute atomic E-state index is 12.9. The smallest absolute Gasteiger partial charge is 0.306 e. The molecule has 0 rings (SSSR count). The van der Waals surface area contributed by atoms with Crippen molar-refractivity contribution < 1.29 is 28.6 Å². The number of esters is 3. The van der Waals surface area contributed by atoms with Crippen LogP contribution in [0.4, 0.5) is 0 Å². The van der Waals surface area contributed by atoms with Gasteiger partial charge < -0.3 is 14.2 Å². The molecule has 0 fully saturated rings. The predicted octanol–water partition coefficient (Wildman–Crippen LogP) is 22.8. The van der Waals surface area contributed by atoms with E-state index < -0.39 is 6.10 Å². The molecule has 438 valence electrons. The van der Waals surface area contributed by atoms with Crippen LogP contribution in [0.1, 0.15) is 387 Å². The molecular formula is C68H130O6. The van der Waals surface area contributed by atoms with Crippen LogP contribution in [-0.4, -0.2) is 37.2 Å². The Hall–Kier alpha value is -1.85. The Labute approximate surface area is 462 Å². The third kappa shape index (κ3) is 61.0. The molecule has 74 heavy (non-hydrogen) atoms. The summed E-state index contributed by atoms with van der Waals surface area (Å²) in [4.78, 5) is 38.4. The molecule has 0 aliphatic carbocycles. The van der Waals surface area contributed by atoms with Gasteiger partial charge in [0, 0.05) is 19.3 Å². The van der Waals surface area contributed by atoms with E-state index >= 15 is 0 Å². The van der Waals surface area contributed by atoms with E-state index in [-0.39, 0.29) is 31.1 Å². The van der Waals surface area contributed by atoms with Gasteiger partial charge in [0.1, 0.15) is 13.2 Å². The summed E-state index contributed by atoms with van der Waals surface area (Å²) in [6.07, 6.45) is 75.1. The summed E-state index contributed by atoms with van der Waals surface area (Å²) in [5.74, 6) is -0.840. The third-order valence-electron chi connectivity index (χ3n) is 15.5. The molecule has 6 heteroatoms. The SMILES string of the molecule is CCCCCCCCC/C=C\CCCCCCCC(=O)OCC(COC(=O)CCCCCCCCCCCCCCCCCCCCCCC)OC(=O)CCCCCCCCCCCCCCCCCCCCC. The largest absolute Gasteiger partial charge is 0.462 e. The molecule has 0 aromatic heterocycles. The lowest BCUT2D eigenvalue weighted by Crippen LogP contribution is -2.30. The van der Waals surface area contributed by atoms with Crippen molar-refractivity contribution in [3.05, 3.63) is 12.2 Å². The van der Waals surface area contributed by atoms with Crippen molar-refractivity contribution in [1.29, 1.82) is 0 Å². The standard InChI is InChI=1S/C68H130O6/c1-4-7-10-13-16-19-22-25-28-31-33-34-36-37-40-43-46-49-52-55-58-61-67(70)73-64-65(63-72-66(69)60-57-54-51-48-45-42-39-30-27-24-21-18-15-12-9-6-3)74-68(71)62-59-56-53-50-47-44-41-38-35-32-29-26-23-20-17-14-11-8-5-2/h30,39,65H,4-29,31-38,40-64H2,1-3H3/b39-30-. The maximum Gasteiger partial charge on any atom is 0.306 e. The van der Waals surface area contributed by atoms with Gasteiger partial charge >= 0.3 is 17.9 Å². The van der Waals surface area contributed by atoms with Gasteiger partial charge in [0.25, 0.3) is 0 Å². The molecule has 0 N–H and O–H groups in total. The van der Waals surface area contributed by atoms with E-state index in [9.17, 15) is 14.4 Å². The van der Waals surface area contributed by atoms with Gasteiger partial charge in [-0.15, -0.1) is 0 Å². The van der Waals surface area contributed by atoms with E-state index in [0.717, 1.165) is 64.2 Å². The minimum absolute atomic E-state index is 0.0657. The molecule has 0 aromatic carbocycles. The molecule has 0 heterocycles. The van der Waals surface area contributed by atoms with Crippen molar-refractivity contribution in [3.8, 4) is 0 Å². The first-order chi connectivity index (χ1) is 36.5. The molecular weight excluding hydrogens is 913 g/mol. The third-order valence-corrected chi connectivity index (χ3v) is 15.5. The Morgan fingerprint density at radius 3 is 0.676 bits per heavy atom. The summed E-state index contributed by atoms with van der Waals surface area (Å²) in [6.45, 7) is 6.72. The van der Waals surface area contributed by atoms with E-state index in [1.165, 1.54) is 283 Å². The van der Waals surface area contributed by atoms with Gasteiger partial charge in [0.05, 0.1) is 0 Å².